The van der Waals surface area contributed by atoms with Crippen molar-refractivity contribution in [3.63, 3.8) is 0 Å². The summed E-state index contributed by atoms with van der Waals surface area (Å²) in [5.41, 5.74) is 0.478. The number of benzene rings is 2. The van der Waals surface area contributed by atoms with Gasteiger partial charge in [0.05, 0.1) is 29.4 Å². The number of piperidine rings is 1. The van der Waals surface area contributed by atoms with Crippen LogP contribution >= 0.6 is 23.2 Å². The Bertz CT molecular complexity index is 1280. The second kappa shape index (κ2) is 11.6. The van der Waals surface area contributed by atoms with Crippen molar-refractivity contribution in [2.75, 3.05) is 11.5 Å². The first kappa shape index (κ1) is 28.9. The lowest BCUT2D eigenvalue weighted by molar-refractivity contribution is -0.160. The van der Waals surface area contributed by atoms with Crippen LogP contribution in [0.5, 0.6) is 0 Å². The van der Waals surface area contributed by atoms with Crippen LogP contribution in [0.25, 0.3) is 0 Å². The fourth-order valence-electron chi connectivity index (χ4n) is 6.06. The van der Waals surface area contributed by atoms with Crippen molar-refractivity contribution in [2.45, 2.75) is 70.4 Å². The highest BCUT2D eigenvalue weighted by Crippen LogP contribution is 2.52. The van der Waals surface area contributed by atoms with E-state index in [0.29, 0.717) is 16.5 Å². The highest BCUT2D eigenvalue weighted by atomic mass is 35.5. The van der Waals surface area contributed by atoms with Crippen LogP contribution < -0.4 is 0 Å². The molecular formula is C29H35Cl2NO5S. The van der Waals surface area contributed by atoms with Gasteiger partial charge in [-0.2, -0.15) is 0 Å². The molecule has 2 aromatic rings. The highest BCUT2D eigenvalue weighted by Gasteiger charge is 2.52. The smallest absolute Gasteiger partial charge is 0.304 e. The van der Waals surface area contributed by atoms with Crippen LogP contribution in [0.1, 0.15) is 75.5 Å². The number of carbonyl (C=O) groups is 2. The van der Waals surface area contributed by atoms with E-state index < -0.39 is 33.3 Å². The minimum absolute atomic E-state index is 0.126. The predicted octanol–water partition coefficient (Wildman–Crippen LogP) is 6.53. The van der Waals surface area contributed by atoms with Gasteiger partial charge in [-0.3, -0.25) is 9.59 Å². The molecule has 0 spiro atoms. The van der Waals surface area contributed by atoms with Crippen molar-refractivity contribution < 1.29 is 23.1 Å². The van der Waals surface area contributed by atoms with Gasteiger partial charge in [0.2, 0.25) is 5.91 Å². The van der Waals surface area contributed by atoms with E-state index in [1.165, 1.54) is 0 Å². The van der Waals surface area contributed by atoms with Crippen molar-refractivity contribution in [2.24, 2.45) is 11.3 Å². The molecule has 1 saturated carbocycles. The topological polar surface area (TPSA) is 91.8 Å². The molecule has 38 heavy (non-hydrogen) atoms. The summed E-state index contributed by atoms with van der Waals surface area (Å²) in [7, 11) is -3.44. The number of nitrogens with zero attached hydrogens (tertiary/aromatic N) is 1. The van der Waals surface area contributed by atoms with Crippen molar-refractivity contribution in [3.8, 4) is 0 Å². The molecule has 4 rings (SSSR count). The fourth-order valence-corrected chi connectivity index (χ4v) is 8.55. The summed E-state index contributed by atoms with van der Waals surface area (Å²) < 4.78 is 26.6. The number of halogens is 2. The number of sulfone groups is 1. The van der Waals surface area contributed by atoms with E-state index in [1.54, 1.807) is 30.0 Å². The average molecular weight is 581 g/mol. The molecule has 1 aliphatic carbocycles. The molecule has 2 fully saturated rings. The van der Waals surface area contributed by atoms with Gasteiger partial charge < -0.3 is 10.0 Å². The van der Waals surface area contributed by atoms with Gasteiger partial charge in [-0.1, -0.05) is 67.7 Å². The molecule has 0 radical (unpaired) electrons. The van der Waals surface area contributed by atoms with Crippen LogP contribution in [0.4, 0.5) is 0 Å². The zero-order chi connectivity index (χ0) is 27.7. The van der Waals surface area contributed by atoms with E-state index >= 15 is 0 Å². The molecule has 1 N–H and O–H groups in total. The van der Waals surface area contributed by atoms with Crippen LogP contribution in [0.15, 0.2) is 48.5 Å². The predicted molar refractivity (Wildman–Crippen MR) is 150 cm³/mol. The number of hydrogen-bond acceptors (Lipinski definition) is 4. The first-order valence-corrected chi connectivity index (χ1v) is 15.8. The lowest BCUT2D eigenvalue weighted by atomic mass is 9.67. The van der Waals surface area contributed by atoms with Crippen molar-refractivity contribution in [3.05, 3.63) is 69.7 Å². The molecule has 2 aliphatic rings. The number of likely N-dealkylation sites (tertiary alicyclic amines) is 1. The Morgan fingerprint density at radius 3 is 2.34 bits per heavy atom. The largest absolute Gasteiger partial charge is 0.481 e. The van der Waals surface area contributed by atoms with E-state index in [-0.39, 0.29) is 42.1 Å². The molecular weight excluding hydrogens is 545 g/mol. The monoisotopic (exact) mass is 579 g/mol. The van der Waals surface area contributed by atoms with Crippen LogP contribution in [0.3, 0.4) is 0 Å². The Morgan fingerprint density at radius 2 is 1.79 bits per heavy atom. The summed E-state index contributed by atoms with van der Waals surface area (Å²) in [5, 5.41) is 10.8. The quantitative estimate of drug-likeness (QED) is 0.345. The van der Waals surface area contributed by atoms with Crippen LogP contribution in [-0.4, -0.2) is 47.8 Å². The summed E-state index contributed by atoms with van der Waals surface area (Å²) in [6, 6.07) is 13.5. The van der Waals surface area contributed by atoms with E-state index in [0.717, 1.165) is 30.4 Å². The zero-order valence-corrected chi connectivity index (χ0v) is 24.1. The third kappa shape index (κ3) is 6.37. The number of carboxylic acid groups (broad SMARTS) is 1. The maximum Gasteiger partial charge on any atom is 0.304 e. The minimum atomic E-state index is -3.44. The normalized spacial score (nSPS) is 25.2. The standard InChI is InChI=1S/C29H35Cl2NO5S/c1-3-24(18-38(36,37)17-19-6-4-7-19)32-27(20-10-12-22(30)13-11-20)25(21-8-5-9-23(31)14-21)15-29(2,28(32)35)16-26(33)34/h5,8-14,19,24-25,27H,3-4,6-7,15-18H2,1-2H3,(H,33,34)/t24-,25+,27+,29-/m0/s1. The van der Waals surface area contributed by atoms with Gasteiger partial charge in [0.15, 0.2) is 9.84 Å². The minimum Gasteiger partial charge on any atom is -0.481 e. The number of amides is 1. The van der Waals surface area contributed by atoms with Crippen molar-refractivity contribution in [1.29, 1.82) is 0 Å². The summed E-state index contributed by atoms with van der Waals surface area (Å²) >= 11 is 12.6. The second-order valence-electron chi connectivity index (χ2n) is 11.1. The lowest BCUT2D eigenvalue weighted by Crippen LogP contribution is -2.57. The number of hydrogen-bond donors (Lipinski definition) is 1. The Kier molecular flexibility index (Phi) is 8.80. The van der Waals surface area contributed by atoms with Gasteiger partial charge in [0, 0.05) is 22.0 Å². The number of rotatable bonds is 10. The van der Waals surface area contributed by atoms with Crippen LogP contribution in [-0.2, 0) is 19.4 Å². The summed E-state index contributed by atoms with van der Waals surface area (Å²) in [5.74, 6) is -1.55. The van der Waals surface area contributed by atoms with Crippen LogP contribution in [0, 0.1) is 11.3 Å². The SMILES string of the molecule is CC[C@@H](CS(=O)(=O)CC1CCC1)N1C(=O)[C@](C)(CC(=O)O)C[C@H](c2cccc(Cl)c2)[C@H]1c1ccc(Cl)cc1. The highest BCUT2D eigenvalue weighted by molar-refractivity contribution is 7.91. The molecule has 9 heteroatoms. The van der Waals surface area contributed by atoms with Crippen molar-refractivity contribution in [1.82, 2.24) is 4.90 Å². The number of carbonyl (C=O) groups excluding carboxylic acids is 1. The summed E-state index contributed by atoms with van der Waals surface area (Å²) in [6.45, 7) is 3.56. The summed E-state index contributed by atoms with van der Waals surface area (Å²) in [4.78, 5) is 27.9. The van der Waals surface area contributed by atoms with E-state index in [1.807, 2.05) is 37.3 Å². The lowest BCUT2D eigenvalue weighted by Gasteiger charge is -2.51. The molecule has 0 aromatic heterocycles. The Hall–Kier alpha value is -2.09. The number of carboxylic acids is 1. The Labute approximate surface area is 235 Å². The van der Waals surface area contributed by atoms with E-state index in [4.69, 9.17) is 23.2 Å². The molecule has 6 nitrogen and oxygen atoms in total. The maximum atomic E-state index is 14.3. The Balaban J connectivity index is 1.84. The Morgan fingerprint density at radius 1 is 1.11 bits per heavy atom. The molecule has 1 heterocycles. The van der Waals surface area contributed by atoms with Crippen LogP contribution in [0.2, 0.25) is 10.0 Å². The van der Waals surface area contributed by atoms with Gasteiger partial charge in [-0.05, 0) is 67.0 Å². The third-order valence-electron chi connectivity index (χ3n) is 8.16. The average Bonchev–Trinajstić information content (AvgIpc) is 2.82. The van der Waals surface area contributed by atoms with Gasteiger partial charge in [-0.15, -0.1) is 0 Å². The molecule has 1 aliphatic heterocycles. The van der Waals surface area contributed by atoms with Gasteiger partial charge in [0.25, 0.3) is 0 Å². The molecule has 2 aromatic carbocycles. The fraction of sp³-hybridized carbons (Fsp3) is 0.517. The van der Waals surface area contributed by atoms with Crippen molar-refractivity contribution >= 4 is 44.9 Å². The zero-order valence-electron chi connectivity index (χ0n) is 21.8. The van der Waals surface area contributed by atoms with E-state index in [2.05, 4.69) is 0 Å². The molecule has 206 valence electrons. The van der Waals surface area contributed by atoms with E-state index in [9.17, 15) is 23.1 Å². The maximum absolute atomic E-state index is 14.3. The molecule has 0 unspecified atom stereocenters. The first-order valence-electron chi connectivity index (χ1n) is 13.2. The van der Waals surface area contributed by atoms with Gasteiger partial charge >= 0.3 is 5.97 Å². The summed E-state index contributed by atoms with van der Waals surface area (Å²) in [6.07, 6.45) is 3.24. The number of aliphatic carboxylic acids is 1. The molecule has 1 amide bonds. The first-order chi connectivity index (χ1) is 17.9. The van der Waals surface area contributed by atoms with Gasteiger partial charge in [0.1, 0.15) is 0 Å². The molecule has 4 atom stereocenters. The van der Waals surface area contributed by atoms with Gasteiger partial charge in [-0.25, -0.2) is 8.42 Å². The molecule has 1 saturated heterocycles. The third-order valence-corrected chi connectivity index (χ3v) is 10.5. The second-order valence-corrected chi connectivity index (χ2v) is 14.2. The molecule has 0 bridgehead atoms.